The van der Waals surface area contributed by atoms with E-state index in [0.717, 1.165) is 35.6 Å². The van der Waals surface area contributed by atoms with Gasteiger partial charge in [-0.1, -0.05) is 6.07 Å². The number of halogens is 3. The van der Waals surface area contributed by atoms with Crippen LogP contribution in [-0.2, 0) is 13.0 Å². The summed E-state index contributed by atoms with van der Waals surface area (Å²) >= 11 is 0. The molecule has 0 fully saturated rings. The minimum absolute atomic E-state index is 0.196. The number of alkyl halides is 3. The van der Waals surface area contributed by atoms with Crippen LogP contribution in [0.5, 0.6) is 5.75 Å². The van der Waals surface area contributed by atoms with Crippen molar-refractivity contribution in [3.63, 3.8) is 0 Å². The largest absolute Gasteiger partial charge is 0.573 e. The zero-order valence-electron chi connectivity index (χ0n) is 13.3. The van der Waals surface area contributed by atoms with Gasteiger partial charge in [-0.05, 0) is 36.6 Å². The van der Waals surface area contributed by atoms with E-state index in [1.807, 2.05) is 17.9 Å². The van der Waals surface area contributed by atoms with Crippen molar-refractivity contribution >= 4 is 11.8 Å². The molecule has 1 N–H and O–H groups in total. The van der Waals surface area contributed by atoms with E-state index in [0.29, 0.717) is 12.5 Å². The van der Waals surface area contributed by atoms with Crippen molar-refractivity contribution in [3.8, 4) is 5.75 Å². The topological polar surface area (TPSA) is 50.3 Å². The number of ether oxygens (including phenoxy) is 1. The second-order valence-electron chi connectivity index (χ2n) is 5.59. The summed E-state index contributed by atoms with van der Waals surface area (Å²) in [6, 6.07) is 6.36. The third-order valence-corrected chi connectivity index (χ3v) is 3.81. The van der Waals surface area contributed by atoms with Gasteiger partial charge in [0.2, 0.25) is 5.95 Å². The summed E-state index contributed by atoms with van der Waals surface area (Å²) in [5, 5.41) is 2.91. The Hall–Kier alpha value is -2.51. The summed E-state index contributed by atoms with van der Waals surface area (Å²) in [6.07, 6.45) is -3.95. The molecule has 0 unspecified atom stereocenters. The maximum atomic E-state index is 12.4. The minimum atomic E-state index is -4.69. The number of nitrogens with one attached hydrogen (secondary N) is 1. The summed E-state index contributed by atoms with van der Waals surface area (Å²) < 4.78 is 41.2. The Kier molecular flexibility index (Phi) is 4.21. The molecule has 0 aliphatic carbocycles. The number of benzene rings is 1. The fraction of sp³-hybridized carbons (Fsp3) is 0.375. The average Bonchev–Trinajstić information content (AvgIpc) is 2.52. The van der Waals surface area contributed by atoms with Crippen LogP contribution in [0, 0.1) is 6.92 Å². The van der Waals surface area contributed by atoms with Crippen LogP contribution in [0.15, 0.2) is 24.3 Å². The SMILES string of the molecule is CNc1nc(C)cc(N2CCc3ccc(OC(F)(F)F)cc3C2)n1. The lowest BCUT2D eigenvalue weighted by Gasteiger charge is -2.30. The first-order valence-electron chi connectivity index (χ1n) is 7.50. The number of aromatic nitrogens is 2. The number of rotatable bonds is 3. The van der Waals surface area contributed by atoms with E-state index in [-0.39, 0.29) is 5.75 Å². The monoisotopic (exact) mass is 338 g/mol. The highest BCUT2D eigenvalue weighted by molar-refractivity contribution is 5.49. The summed E-state index contributed by atoms with van der Waals surface area (Å²) in [7, 11) is 1.74. The van der Waals surface area contributed by atoms with Gasteiger partial charge in [0.05, 0.1) is 0 Å². The summed E-state index contributed by atoms with van der Waals surface area (Å²) in [4.78, 5) is 10.7. The van der Waals surface area contributed by atoms with Crippen molar-refractivity contribution in [3.05, 3.63) is 41.1 Å². The average molecular weight is 338 g/mol. The van der Waals surface area contributed by atoms with Gasteiger partial charge in [-0.25, -0.2) is 4.98 Å². The standard InChI is InChI=1S/C16H17F3N4O/c1-10-7-14(22-15(20-2)21-10)23-6-5-11-3-4-13(8-12(11)9-23)24-16(17,18)19/h3-4,7-8H,5-6,9H2,1-2H3,(H,20,21,22). The molecule has 0 spiro atoms. The number of aryl methyl sites for hydroxylation is 1. The van der Waals surface area contributed by atoms with Crippen LogP contribution in [0.25, 0.3) is 0 Å². The molecule has 0 saturated carbocycles. The van der Waals surface area contributed by atoms with Gasteiger partial charge in [-0.3, -0.25) is 0 Å². The Morgan fingerprint density at radius 2 is 1.96 bits per heavy atom. The molecular formula is C16H17F3N4O. The van der Waals surface area contributed by atoms with Crippen LogP contribution in [-0.4, -0.2) is 29.9 Å². The molecule has 128 valence electrons. The summed E-state index contributed by atoms with van der Waals surface area (Å²) in [6.45, 7) is 3.09. The lowest BCUT2D eigenvalue weighted by Crippen LogP contribution is -2.31. The van der Waals surface area contributed by atoms with Crippen LogP contribution in [0.3, 0.4) is 0 Å². The molecule has 1 aliphatic heterocycles. The van der Waals surface area contributed by atoms with E-state index in [2.05, 4.69) is 20.0 Å². The van der Waals surface area contributed by atoms with Gasteiger partial charge >= 0.3 is 6.36 Å². The van der Waals surface area contributed by atoms with Crippen molar-refractivity contribution in [1.82, 2.24) is 9.97 Å². The van der Waals surface area contributed by atoms with Crippen LogP contribution in [0.4, 0.5) is 24.9 Å². The van der Waals surface area contributed by atoms with Gasteiger partial charge in [0.25, 0.3) is 0 Å². The third-order valence-electron chi connectivity index (χ3n) is 3.81. The fourth-order valence-electron chi connectivity index (χ4n) is 2.75. The molecule has 1 aliphatic rings. The quantitative estimate of drug-likeness (QED) is 0.931. The first kappa shape index (κ1) is 16.4. The predicted octanol–water partition coefficient (Wildman–Crippen LogP) is 3.29. The molecule has 1 aromatic heterocycles. The van der Waals surface area contributed by atoms with Crippen molar-refractivity contribution in [2.24, 2.45) is 0 Å². The number of fused-ring (bicyclic) bond motifs is 1. The molecule has 0 saturated heterocycles. The Morgan fingerprint density at radius 1 is 1.17 bits per heavy atom. The molecule has 2 aromatic rings. The fourth-order valence-corrected chi connectivity index (χ4v) is 2.75. The molecule has 2 heterocycles. The first-order valence-corrected chi connectivity index (χ1v) is 7.50. The van der Waals surface area contributed by atoms with E-state index < -0.39 is 6.36 Å². The third kappa shape index (κ3) is 3.69. The Balaban J connectivity index is 1.85. The van der Waals surface area contributed by atoms with Gasteiger partial charge in [0, 0.05) is 31.9 Å². The highest BCUT2D eigenvalue weighted by atomic mass is 19.4. The second kappa shape index (κ2) is 6.18. The lowest BCUT2D eigenvalue weighted by atomic mass is 9.99. The molecule has 0 amide bonds. The van der Waals surface area contributed by atoms with E-state index >= 15 is 0 Å². The maximum Gasteiger partial charge on any atom is 0.573 e. The zero-order chi connectivity index (χ0) is 17.3. The lowest BCUT2D eigenvalue weighted by molar-refractivity contribution is -0.274. The maximum absolute atomic E-state index is 12.4. The van der Waals surface area contributed by atoms with Crippen molar-refractivity contribution in [2.75, 3.05) is 23.8 Å². The Labute approximate surface area is 137 Å². The molecule has 3 rings (SSSR count). The van der Waals surface area contributed by atoms with Gasteiger partial charge < -0.3 is 15.0 Å². The van der Waals surface area contributed by atoms with Gasteiger partial charge in [0.1, 0.15) is 11.6 Å². The molecule has 0 bridgehead atoms. The smallest absolute Gasteiger partial charge is 0.406 e. The summed E-state index contributed by atoms with van der Waals surface area (Å²) in [5.41, 5.74) is 2.66. The Bertz CT molecular complexity index is 749. The highest BCUT2D eigenvalue weighted by Crippen LogP contribution is 2.29. The second-order valence-corrected chi connectivity index (χ2v) is 5.59. The summed E-state index contributed by atoms with van der Waals surface area (Å²) in [5.74, 6) is 1.07. The number of hydrogen-bond acceptors (Lipinski definition) is 5. The molecule has 1 aromatic carbocycles. The molecule has 0 atom stereocenters. The van der Waals surface area contributed by atoms with E-state index in [9.17, 15) is 13.2 Å². The highest BCUT2D eigenvalue weighted by Gasteiger charge is 2.31. The van der Waals surface area contributed by atoms with Crippen molar-refractivity contribution in [1.29, 1.82) is 0 Å². The van der Waals surface area contributed by atoms with Gasteiger partial charge in [-0.2, -0.15) is 4.98 Å². The first-order chi connectivity index (χ1) is 11.3. The van der Waals surface area contributed by atoms with Gasteiger partial charge in [-0.15, -0.1) is 13.2 Å². The number of hydrogen-bond donors (Lipinski definition) is 1. The predicted molar refractivity (Wildman–Crippen MR) is 84.2 cm³/mol. The Morgan fingerprint density at radius 3 is 2.67 bits per heavy atom. The molecule has 5 nitrogen and oxygen atoms in total. The number of nitrogens with zero attached hydrogens (tertiary/aromatic N) is 3. The zero-order valence-corrected chi connectivity index (χ0v) is 13.3. The van der Waals surface area contributed by atoms with Crippen molar-refractivity contribution < 1.29 is 17.9 Å². The molecule has 0 radical (unpaired) electrons. The van der Waals surface area contributed by atoms with Crippen molar-refractivity contribution in [2.45, 2.75) is 26.3 Å². The van der Waals surface area contributed by atoms with Crippen LogP contribution < -0.4 is 15.0 Å². The molecule has 8 heteroatoms. The van der Waals surface area contributed by atoms with Crippen LogP contribution in [0.2, 0.25) is 0 Å². The van der Waals surface area contributed by atoms with Crippen LogP contribution >= 0.6 is 0 Å². The minimum Gasteiger partial charge on any atom is -0.406 e. The normalized spacial score (nSPS) is 14.3. The van der Waals surface area contributed by atoms with E-state index in [1.54, 1.807) is 13.1 Å². The van der Waals surface area contributed by atoms with E-state index in [4.69, 9.17) is 0 Å². The molecular weight excluding hydrogens is 321 g/mol. The molecule has 24 heavy (non-hydrogen) atoms. The number of anilines is 2. The van der Waals surface area contributed by atoms with Crippen LogP contribution in [0.1, 0.15) is 16.8 Å². The van der Waals surface area contributed by atoms with Gasteiger partial charge in [0.15, 0.2) is 0 Å². The van der Waals surface area contributed by atoms with E-state index in [1.165, 1.54) is 12.1 Å².